The molecule has 138 valence electrons. The van der Waals surface area contributed by atoms with Crippen LogP contribution in [0.25, 0.3) is 0 Å². The van der Waals surface area contributed by atoms with Crippen LogP contribution in [0.5, 0.6) is 0 Å². The molecule has 1 fully saturated rings. The van der Waals surface area contributed by atoms with E-state index in [9.17, 15) is 14.4 Å². The quantitative estimate of drug-likeness (QED) is 0.799. The van der Waals surface area contributed by atoms with Gasteiger partial charge in [-0.05, 0) is 29.7 Å². The summed E-state index contributed by atoms with van der Waals surface area (Å²) in [6.45, 7) is 0.0923. The van der Waals surface area contributed by atoms with Crippen molar-refractivity contribution in [1.29, 1.82) is 0 Å². The molecule has 0 aromatic heterocycles. The third-order valence-corrected chi connectivity index (χ3v) is 5.91. The second-order valence-corrected chi connectivity index (χ2v) is 7.63. The first-order valence-electron chi connectivity index (χ1n) is 8.82. The van der Waals surface area contributed by atoms with Gasteiger partial charge in [-0.25, -0.2) is 4.79 Å². The molecule has 0 saturated carbocycles. The smallest absolute Gasteiger partial charge is 0.324 e. The minimum atomic E-state index is -0.423. The lowest BCUT2D eigenvalue weighted by Gasteiger charge is -2.26. The lowest BCUT2D eigenvalue weighted by Crippen LogP contribution is -2.34. The first-order chi connectivity index (χ1) is 13.1. The third-order valence-electron chi connectivity index (χ3n) is 4.79. The summed E-state index contributed by atoms with van der Waals surface area (Å²) >= 11 is 1.80. The number of imide groups is 1. The molecular weight excluding hydrogens is 362 g/mol. The lowest BCUT2D eigenvalue weighted by molar-refractivity contribution is -0.125. The molecule has 2 aromatic carbocycles. The van der Waals surface area contributed by atoms with Crippen molar-refractivity contribution in [3.63, 3.8) is 0 Å². The van der Waals surface area contributed by atoms with Crippen molar-refractivity contribution >= 4 is 29.6 Å². The van der Waals surface area contributed by atoms with Gasteiger partial charge < -0.3 is 10.6 Å². The first kappa shape index (κ1) is 17.6. The summed E-state index contributed by atoms with van der Waals surface area (Å²) in [5.41, 5.74) is 2.27. The number of hydrogen-bond acceptors (Lipinski definition) is 4. The van der Waals surface area contributed by atoms with Gasteiger partial charge in [0.25, 0.3) is 5.91 Å². The van der Waals surface area contributed by atoms with E-state index in [1.54, 1.807) is 36.0 Å². The average Bonchev–Trinajstić information content (AvgIpc) is 3.01. The van der Waals surface area contributed by atoms with Crippen LogP contribution in [0, 0.1) is 0 Å². The van der Waals surface area contributed by atoms with Crippen LogP contribution < -0.4 is 10.6 Å². The van der Waals surface area contributed by atoms with E-state index in [4.69, 9.17) is 0 Å². The van der Waals surface area contributed by atoms with Gasteiger partial charge in [-0.2, -0.15) is 0 Å². The number of benzene rings is 2. The molecule has 2 aliphatic heterocycles. The Bertz CT molecular complexity index is 899. The Labute approximate surface area is 161 Å². The van der Waals surface area contributed by atoms with Gasteiger partial charge >= 0.3 is 6.03 Å². The summed E-state index contributed by atoms with van der Waals surface area (Å²) < 4.78 is 0. The first-order valence-corrected chi connectivity index (χ1v) is 9.81. The minimum absolute atomic E-state index is 0.00369. The molecule has 2 aromatic rings. The number of nitrogens with one attached hydrogen (secondary N) is 2. The summed E-state index contributed by atoms with van der Waals surface area (Å²) in [4.78, 5) is 39.0. The van der Waals surface area contributed by atoms with Gasteiger partial charge in [0, 0.05) is 16.2 Å². The van der Waals surface area contributed by atoms with Crippen molar-refractivity contribution in [2.45, 2.75) is 23.9 Å². The van der Waals surface area contributed by atoms with Crippen LogP contribution in [0.1, 0.15) is 33.9 Å². The zero-order valence-corrected chi connectivity index (χ0v) is 15.4. The predicted molar refractivity (Wildman–Crippen MR) is 102 cm³/mol. The molecule has 27 heavy (non-hydrogen) atoms. The van der Waals surface area contributed by atoms with Crippen molar-refractivity contribution in [3.8, 4) is 0 Å². The molecule has 2 N–H and O–H groups in total. The monoisotopic (exact) mass is 381 g/mol. The summed E-state index contributed by atoms with van der Waals surface area (Å²) in [6.07, 6.45) is 0.864. The minimum Gasteiger partial charge on any atom is -0.345 e. The van der Waals surface area contributed by atoms with Gasteiger partial charge in [-0.3, -0.25) is 14.5 Å². The van der Waals surface area contributed by atoms with Crippen molar-refractivity contribution < 1.29 is 14.4 Å². The molecule has 0 spiro atoms. The van der Waals surface area contributed by atoms with Crippen LogP contribution >= 0.6 is 11.8 Å². The Morgan fingerprint density at radius 2 is 1.93 bits per heavy atom. The van der Waals surface area contributed by atoms with E-state index in [0.717, 1.165) is 22.6 Å². The molecule has 2 aliphatic rings. The van der Waals surface area contributed by atoms with E-state index in [-0.39, 0.29) is 30.9 Å². The molecule has 1 unspecified atom stereocenters. The lowest BCUT2D eigenvalue weighted by atomic mass is 10.0. The molecular formula is C20H19N3O3S. The van der Waals surface area contributed by atoms with Crippen LogP contribution in [0.2, 0.25) is 0 Å². The number of nitrogens with zero attached hydrogens (tertiary/aromatic N) is 1. The molecule has 0 bridgehead atoms. The van der Waals surface area contributed by atoms with Gasteiger partial charge in [0.2, 0.25) is 5.91 Å². The number of carbonyl (C=O) groups is 3. The van der Waals surface area contributed by atoms with Gasteiger partial charge in [-0.1, -0.05) is 36.4 Å². The molecule has 7 heteroatoms. The molecule has 1 saturated heterocycles. The molecule has 4 amide bonds. The molecule has 4 rings (SSSR count). The van der Waals surface area contributed by atoms with E-state index in [0.29, 0.717) is 11.1 Å². The fourth-order valence-electron chi connectivity index (χ4n) is 3.39. The van der Waals surface area contributed by atoms with E-state index in [1.165, 1.54) is 4.90 Å². The Morgan fingerprint density at radius 3 is 2.74 bits per heavy atom. The highest BCUT2D eigenvalue weighted by molar-refractivity contribution is 7.99. The fourth-order valence-corrected chi connectivity index (χ4v) is 4.52. The SMILES string of the molecule is O=C(NC1CCSc2ccccc21)c1ccccc1CN1C(=O)CNC1=O. The Morgan fingerprint density at radius 1 is 1.15 bits per heavy atom. The number of carbonyl (C=O) groups excluding carboxylic acids is 3. The van der Waals surface area contributed by atoms with Gasteiger partial charge in [0.1, 0.15) is 0 Å². The molecule has 6 nitrogen and oxygen atoms in total. The summed E-state index contributed by atoms with van der Waals surface area (Å²) in [5, 5.41) is 5.62. The van der Waals surface area contributed by atoms with Crippen LogP contribution in [-0.4, -0.2) is 35.0 Å². The Kier molecular flexibility index (Phi) is 4.85. The zero-order valence-electron chi connectivity index (χ0n) is 14.6. The second kappa shape index (κ2) is 7.44. The van der Waals surface area contributed by atoms with Gasteiger partial charge in [0.15, 0.2) is 0 Å². The number of urea groups is 1. The largest absolute Gasteiger partial charge is 0.345 e. The maximum absolute atomic E-state index is 13.0. The number of amides is 4. The highest BCUT2D eigenvalue weighted by atomic mass is 32.2. The molecule has 0 radical (unpaired) electrons. The Balaban J connectivity index is 1.55. The fraction of sp³-hybridized carbons (Fsp3) is 0.250. The number of hydrogen-bond donors (Lipinski definition) is 2. The standard InChI is InChI=1S/C20H19N3O3S/c24-18-11-21-20(26)23(18)12-13-5-1-2-6-14(13)19(25)22-16-9-10-27-17-8-4-3-7-15(16)17/h1-8,16H,9-12H2,(H,21,26)(H,22,25). The highest BCUT2D eigenvalue weighted by Crippen LogP contribution is 2.36. The average molecular weight is 381 g/mol. The van der Waals surface area contributed by atoms with Gasteiger partial charge in [-0.15, -0.1) is 11.8 Å². The molecule has 0 aliphatic carbocycles. The van der Waals surface area contributed by atoms with E-state index >= 15 is 0 Å². The van der Waals surface area contributed by atoms with Gasteiger partial charge in [0.05, 0.1) is 19.1 Å². The molecule has 2 heterocycles. The van der Waals surface area contributed by atoms with Crippen molar-refractivity contribution in [3.05, 3.63) is 65.2 Å². The normalized spacial score (nSPS) is 18.8. The number of thioether (sulfide) groups is 1. The highest BCUT2D eigenvalue weighted by Gasteiger charge is 2.30. The number of fused-ring (bicyclic) bond motifs is 1. The van der Waals surface area contributed by atoms with Crippen molar-refractivity contribution in [2.75, 3.05) is 12.3 Å². The summed E-state index contributed by atoms with van der Waals surface area (Å²) in [7, 11) is 0. The van der Waals surface area contributed by atoms with Crippen LogP contribution in [0.3, 0.4) is 0 Å². The van der Waals surface area contributed by atoms with E-state index < -0.39 is 6.03 Å². The second-order valence-electron chi connectivity index (χ2n) is 6.50. The summed E-state index contributed by atoms with van der Waals surface area (Å²) in [5.74, 6) is 0.476. The number of rotatable bonds is 4. The topological polar surface area (TPSA) is 78.5 Å². The van der Waals surface area contributed by atoms with E-state index in [2.05, 4.69) is 16.7 Å². The maximum Gasteiger partial charge on any atom is 0.324 e. The maximum atomic E-state index is 13.0. The van der Waals surface area contributed by atoms with Crippen LogP contribution in [0.15, 0.2) is 53.4 Å². The summed E-state index contributed by atoms with van der Waals surface area (Å²) in [6, 6.07) is 14.7. The molecule has 1 atom stereocenters. The van der Waals surface area contributed by atoms with Crippen LogP contribution in [-0.2, 0) is 11.3 Å². The van der Waals surface area contributed by atoms with Crippen molar-refractivity contribution in [1.82, 2.24) is 15.5 Å². The predicted octanol–water partition coefficient (Wildman–Crippen LogP) is 2.71. The Hall–Kier alpha value is -2.80. The zero-order chi connectivity index (χ0) is 18.8. The third kappa shape index (κ3) is 3.55. The van der Waals surface area contributed by atoms with Crippen LogP contribution in [0.4, 0.5) is 4.79 Å². The van der Waals surface area contributed by atoms with Crippen molar-refractivity contribution in [2.24, 2.45) is 0 Å². The van der Waals surface area contributed by atoms with E-state index in [1.807, 2.05) is 18.2 Å².